The number of nitrogens with one attached hydrogen (secondary N) is 1. The average molecular weight is 421 g/mol. The predicted molar refractivity (Wildman–Crippen MR) is 106 cm³/mol. The van der Waals surface area contributed by atoms with Gasteiger partial charge >= 0.3 is 5.97 Å². The molecular formula is C19H23N3O6S. The molecule has 1 aromatic rings. The quantitative estimate of drug-likeness (QED) is 0.707. The van der Waals surface area contributed by atoms with Gasteiger partial charge in [0.2, 0.25) is 5.91 Å². The highest BCUT2D eigenvalue weighted by Gasteiger charge is 2.37. The first-order chi connectivity index (χ1) is 13.6. The lowest BCUT2D eigenvalue weighted by molar-refractivity contribution is -0.141. The molecule has 1 atom stereocenters. The van der Waals surface area contributed by atoms with Gasteiger partial charge in [0.05, 0.1) is 17.5 Å². The SMILES string of the molecule is Cc1ccc(C)c(NC(=O)COC(=O)C2=NN([C@@H]3CCS(=O)(=O)C3)C(=O)CC2)c1. The second-order valence-corrected chi connectivity index (χ2v) is 9.51. The molecule has 156 valence electrons. The van der Waals surface area contributed by atoms with E-state index in [4.69, 9.17) is 4.74 Å². The summed E-state index contributed by atoms with van der Waals surface area (Å²) in [6.45, 7) is 3.27. The molecule has 10 heteroatoms. The van der Waals surface area contributed by atoms with E-state index < -0.39 is 34.4 Å². The Morgan fingerprint density at radius 2 is 2.03 bits per heavy atom. The Balaban J connectivity index is 1.59. The van der Waals surface area contributed by atoms with Crippen LogP contribution in [0.2, 0.25) is 0 Å². The number of esters is 1. The molecule has 1 fully saturated rings. The largest absolute Gasteiger partial charge is 0.451 e. The molecule has 29 heavy (non-hydrogen) atoms. The summed E-state index contributed by atoms with van der Waals surface area (Å²) in [7, 11) is -3.20. The second kappa shape index (κ2) is 8.32. The van der Waals surface area contributed by atoms with E-state index in [2.05, 4.69) is 10.4 Å². The van der Waals surface area contributed by atoms with E-state index in [-0.39, 0.29) is 42.4 Å². The molecule has 1 aromatic carbocycles. The number of carbonyl (C=O) groups is 3. The summed E-state index contributed by atoms with van der Waals surface area (Å²) in [5.41, 5.74) is 2.51. The van der Waals surface area contributed by atoms with Crippen LogP contribution in [0.25, 0.3) is 0 Å². The molecule has 0 unspecified atom stereocenters. The summed E-state index contributed by atoms with van der Waals surface area (Å²) in [4.78, 5) is 36.5. The molecule has 2 aliphatic rings. The Bertz CT molecular complexity index is 986. The Morgan fingerprint density at radius 1 is 1.28 bits per heavy atom. The maximum absolute atomic E-state index is 12.3. The summed E-state index contributed by atoms with van der Waals surface area (Å²) in [5.74, 6) is -1.77. The van der Waals surface area contributed by atoms with Gasteiger partial charge in [-0.05, 0) is 37.5 Å². The van der Waals surface area contributed by atoms with Gasteiger partial charge in [-0.3, -0.25) is 9.59 Å². The number of hydrogen-bond donors (Lipinski definition) is 1. The third kappa shape index (κ3) is 5.20. The van der Waals surface area contributed by atoms with Crippen LogP contribution in [0.3, 0.4) is 0 Å². The molecule has 1 N–H and O–H groups in total. The van der Waals surface area contributed by atoms with Gasteiger partial charge in [0.25, 0.3) is 5.91 Å². The van der Waals surface area contributed by atoms with Crippen molar-refractivity contribution >= 4 is 39.0 Å². The highest BCUT2D eigenvalue weighted by molar-refractivity contribution is 7.91. The number of carbonyl (C=O) groups excluding carboxylic acids is 3. The van der Waals surface area contributed by atoms with Gasteiger partial charge in [-0.15, -0.1) is 0 Å². The zero-order valence-corrected chi connectivity index (χ0v) is 17.1. The number of sulfone groups is 1. The molecule has 1 saturated heterocycles. The third-order valence-corrected chi connectivity index (χ3v) is 6.60. The van der Waals surface area contributed by atoms with Crippen LogP contribution in [-0.2, 0) is 29.0 Å². The van der Waals surface area contributed by atoms with Crippen molar-refractivity contribution in [2.45, 2.75) is 39.2 Å². The van der Waals surface area contributed by atoms with Crippen LogP contribution in [0.5, 0.6) is 0 Å². The van der Waals surface area contributed by atoms with Crippen molar-refractivity contribution in [2.24, 2.45) is 5.10 Å². The van der Waals surface area contributed by atoms with Crippen LogP contribution in [0.15, 0.2) is 23.3 Å². The van der Waals surface area contributed by atoms with Crippen molar-refractivity contribution in [3.63, 3.8) is 0 Å². The van der Waals surface area contributed by atoms with Gasteiger partial charge < -0.3 is 10.1 Å². The minimum Gasteiger partial charge on any atom is -0.451 e. The van der Waals surface area contributed by atoms with Crippen LogP contribution in [-0.4, -0.2) is 61.1 Å². The molecule has 2 amide bonds. The lowest BCUT2D eigenvalue weighted by Crippen LogP contribution is -2.42. The number of anilines is 1. The number of amides is 2. The van der Waals surface area contributed by atoms with Gasteiger partial charge in [-0.25, -0.2) is 18.2 Å². The number of hydrazone groups is 1. The molecule has 0 radical (unpaired) electrons. The van der Waals surface area contributed by atoms with Gasteiger partial charge in [0.1, 0.15) is 5.71 Å². The Kier molecular flexibility index (Phi) is 6.02. The highest BCUT2D eigenvalue weighted by atomic mass is 32.2. The average Bonchev–Trinajstić information content (AvgIpc) is 3.02. The van der Waals surface area contributed by atoms with Crippen LogP contribution >= 0.6 is 0 Å². The van der Waals surface area contributed by atoms with Crippen molar-refractivity contribution < 1.29 is 27.5 Å². The monoisotopic (exact) mass is 421 g/mol. The fraction of sp³-hybridized carbons (Fsp3) is 0.474. The smallest absolute Gasteiger partial charge is 0.355 e. The molecule has 0 bridgehead atoms. The third-order valence-electron chi connectivity index (χ3n) is 4.85. The van der Waals surface area contributed by atoms with Crippen LogP contribution in [0, 0.1) is 13.8 Å². The summed E-state index contributed by atoms with van der Waals surface area (Å²) in [6.07, 6.45) is 0.420. The van der Waals surface area contributed by atoms with E-state index in [1.54, 1.807) is 0 Å². The minimum atomic E-state index is -3.20. The van der Waals surface area contributed by atoms with Gasteiger partial charge in [0, 0.05) is 18.5 Å². The number of ether oxygens (including phenoxy) is 1. The standard InChI is InChI=1S/C19H23N3O6S/c1-12-3-4-13(2)16(9-12)20-17(23)10-28-19(25)15-5-6-18(24)22(21-15)14-7-8-29(26,27)11-14/h3-4,9,14H,5-8,10-11H2,1-2H3,(H,20,23)/t14-/m1/s1. The molecule has 0 spiro atoms. The molecule has 2 heterocycles. The van der Waals surface area contributed by atoms with Crippen LogP contribution in [0.1, 0.15) is 30.4 Å². The zero-order valence-electron chi connectivity index (χ0n) is 16.3. The molecule has 0 aliphatic carbocycles. The van der Waals surface area contributed by atoms with E-state index >= 15 is 0 Å². The molecule has 3 rings (SSSR count). The molecule has 9 nitrogen and oxygen atoms in total. The van der Waals surface area contributed by atoms with Gasteiger partial charge in [-0.1, -0.05) is 12.1 Å². The van der Waals surface area contributed by atoms with E-state index in [0.717, 1.165) is 16.1 Å². The van der Waals surface area contributed by atoms with Crippen molar-refractivity contribution in [1.82, 2.24) is 5.01 Å². The lowest BCUT2D eigenvalue weighted by atomic mass is 10.1. The molecular weight excluding hydrogens is 398 g/mol. The van der Waals surface area contributed by atoms with Crippen molar-refractivity contribution in [3.05, 3.63) is 29.3 Å². The van der Waals surface area contributed by atoms with Crippen LogP contribution < -0.4 is 5.32 Å². The predicted octanol–water partition coefficient (Wildman–Crippen LogP) is 0.951. The van der Waals surface area contributed by atoms with Gasteiger partial charge in [-0.2, -0.15) is 5.10 Å². The number of nitrogens with zero attached hydrogens (tertiary/aromatic N) is 2. The Labute approximate surface area is 169 Å². The van der Waals surface area contributed by atoms with E-state index in [1.807, 2.05) is 32.0 Å². The lowest BCUT2D eigenvalue weighted by Gasteiger charge is -2.27. The summed E-state index contributed by atoms with van der Waals surface area (Å²) in [5, 5.41) is 7.80. The summed E-state index contributed by atoms with van der Waals surface area (Å²) < 4.78 is 28.3. The normalized spacial score (nSPS) is 20.9. The fourth-order valence-corrected chi connectivity index (χ4v) is 4.94. The first kappa shape index (κ1) is 21.0. The topological polar surface area (TPSA) is 122 Å². The number of hydrogen-bond acceptors (Lipinski definition) is 7. The first-order valence-corrected chi connectivity index (χ1v) is 11.1. The highest BCUT2D eigenvalue weighted by Crippen LogP contribution is 2.22. The van der Waals surface area contributed by atoms with Crippen molar-refractivity contribution in [1.29, 1.82) is 0 Å². The van der Waals surface area contributed by atoms with Crippen molar-refractivity contribution in [3.8, 4) is 0 Å². The maximum atomic E-state index is 12.3. The summed E-state index contributed by atoms with van der Waals surface area (Å²) >= 11 is 0. The zero-order chi connectivity index (χ0) is 21.2. The van der Waals surface area contributed by atoms with Gasteiger partial charge in [0.15, 0.2) is 16.4 Å². The second-order valence-electron chi connectivity index (χ2n) is 7.28. The summed E-state index contributed by atoms with van der Waals surface area (Å²) in [6, 6.07) is 5.06. The number of rotatable bonds is 5. The minimum absolute atomic E-state index is 0.00467. The molecule has 2 aliphatic heterocycles. The van der Waals surface area contributed by atoms with Crippen molar-refractivity contribution in [2.75, 3.05) is 23.4 Å². The van der Waals surface area contributed by atoms with Crippen LogP contribution in [0.4, 0.5) is 5.69 Å². The Morgan fingerprint density at radius 3 is 2.72 bits per heavy atom. The molecule has 0 saturated carbocycles. The van der Waals surface area contributed by atoms with E-state index in [9.17, 15) is 22.8 Å². The number of benzene rings is 1. The van der Waals surface area contributed by atoms with E-state index in [1.165, 1.54) is 0 Å². The maximum Gasteiger partial charge on any atom is 0.355 e. The Hall–Kier alpha value is -2.75. The molecule has 0 aromatic heterocycles. The fourth-order valence-electron chi connectivity index (χ4n) is 3.24. The van der Waals surface area contributed by atoms with E-state index in [0.29, 0.717) is 5.69 Å². The number of aryl methyl sites for hydroxylation is 2. The first-order valence-electron chi connectivity index (χ1n) is 9.29.